The molecule has 8 heavy (non-hydrogen) atoms. The number of hydrogen-bond donors (Lipinski definition) is 0. The van der Waals surface area contributed by atoms with Crippen LogP contribution in [0.4, 0.5) is 0 Å². The smallest absolute Gasteiger partial charge is 0.110 e. The van der Waals surface area contributed by atoms with Crippen LogP contribution in [0.2, 0.25) is 0 Å². The molecule has 1 fully saturated rings. The van der Waals surface area contributed by atoms with Crippen LogP contribution in [0.15, 0.2) is 0 Å². The first kappa shape index (κ1) is 6.11. The molecule has 0 saturated carbocycles. The third kappa shape index (κ3) is 1.49. The molecule has 0 bridgehead atoms. The van der Waals surface area contributed by atoms with Crippen LogP contribution in [0.5, 0.6) is 0 Å². The number of rotatable bonds is 0. The SMILES string of the molecule is [B]C1CN(C)CCO1. The van der Waals surface area contributed by atoms with Gasteiger partial charge in [0.15, 0.2) is 0 Å². The van der Waals surface area contributed by atoms with Gasteiger partial charge in [-0.2, -0.15) is 0 Å². The van der Waals surface area contributed by atoms with Crippen molar-refractivity contribution in [3.63, 3.8) is 0 Å². The van der Waals surface area contributed by atoms with E-state index in [2.05, 4.69) is 4.90 Å². The van der Waals surface area contributed by atoms with Crippen LogP contribution in [-0.2, 0) is 4.74 Å². The highest BCUT2D eigenvalue weighted by molar-refractivity contribution is 6.11. The molecule has 0 spiro atoms. The average molecular weight is 111 g/mol. The number of likely N-dealkylation sites (N-methyl/N-ethyl adjacent to an activating group) is 1. The first-order valence-corrected chi connectivity index (χ1v) is 2.85. The fraction of sp³-hybridized carbons (Fsp3) is 1.00. The Morgan fingerprint density at radius 2 is 2.50 bits per heavy atom. The standard InChI is InChI=1S/C5H10BNO/c1-7-2-3-8-5(6)4-7/h5H,2-4H2,1H3. The molecule has 1 heterocycles. The second-order valence-electron chi connectivity index (χ2n) is 2.17. The molecule has 0 aromatic heterocycles. The van der Waals surface area contributed by atoms with Gasteiger partial charge in [-0.3, -0.25) is 0 Å². The molecule has 2 nitrogen and oxygen atoms in total. The van der Waals surface area contributed by atoms with Crippen molar-refractivity contribution < 1.29 is 4.74 Å². The molecule has 0 aromatic carbocycles. The Bertz CT molecular complexity index is 70.8. The minimum atomic E-state index is -0.0613. The number of hydrogen-bond acceptors (Lipinski definition) is 2. The molecule has 0 amide bonds. The highest BCUT2D eigenvalue weighted by Gasteiger charge is 2.10. The van der Waals surface area contributed by atoms with E-state index < -0.39 is 0 Å². The minimum absolute atomic E-state index is 0.0613. The highest BCUT2D eigenvalue weighted by Crippen LogP contribution is 1.97. The van der Waals surface area contributed by atoms with Gasteiger partial charge < -0.3 is 9.64 Å². The lowest BCUT2D eigenvalue weighted by Crippen LogP contribution is -2.39. The molecular formula is C5H10BNO. The van der Waals surface area contributed by atoms with Crippen molar-refractivity contribution in [2.24, 2.45) is 0 Å². The van der Waals surface area contributed by atoms with Crippen LogP contribution in [0.3, 0.4) is 0 Å². The molecule has 1 saturated heterocycles. The molecule has 1 atom stereocenters. The van der Waals surface area contributed by atoms with E-state index in [4.69, 9.17) is 12.6 Å². The van der Waals surface area contributed by atoms with Crippen LogP contribution >= 0.6 is 0 Å². The van der Waals surface area contributed by atoms with Crippen LogP contribution in [0.25, 0.3) is 0 Å². The lowest BCUT2D eigenvalue weighted by atomic mass is 9.99. The maximum absolute atomic E-state index is 5.46. The summed E-state index contributed by atoms with van der Waals surface area (Å²) in [5.74, 6) is 0. The summed E-state index contributed by atoms with van der Waals surface area (Å²) in [5.41, 5.74) is 0. The lowest BCUT2D eigenvalue weighted by molar-refractivity contribution is 0.0249. The monoisotopic (exact) mass is 111 g/mol. The zero-order chi connectivity index (χ0) is 5.98. The average Bonchev–Trinajstić information content (AvgIpc) is 1.64. The predicted octanol–water partition coefficient (Wildman–Crippen LogP) is -0.557. The number of ether oxygens (including phenoxy) is 1. The van der Waals surface area contributed by atoms with E-state index >= 15 is 0 Å². The largest absolute Gasteiger partial charge is 0.385 e. The Labute approximate surface area is 51.2 Å². The highest BCUT2D eigenvalue weighted by atomic mass is 16.5. The van der Waals surface area contributed by atoms with Crippen molar-refractivity contribution in [3.05, 3.63) is 0 Å². The third-order valence-electron chi connectivity index (χ3n) is 1.30. The normalized spacial score (nSPS) is 32.9. The summed E-state index contributed by atoms with van der Waals surface area (Å²) in [5, 5.41) is 0. The van der Waals surface area contributed by atoms with E-state index in [1.807, 2.05) is 7.05 Å². The van der Waals surface area contributed by atoms with Gasteiger partial charge in [0.25, 0.3) is 0 Å². The zero-order valence-electron chi connectivity index (χ0n) is 5.13. The van der Waals surface area contributed by atoms with E-state index in [-0.39, 0.29) is 6.00 Å². The Morgan fingerprint density at radius 3 is 2.88 bits per heavy atom. The number of nitrogens with zero attached hydrogens (tertiary/aromatic N) is 1. The predicted molar refractivity (Wildman–Crippen MR) is 33.0 cm³/mol. The van der Waals surface area contributed by atoms with E-state index in [1.165, 1.54) is 0 Å². The quantitative estimate of drug-likeness (QED) is 0.388. The van der Waals surface area contributed by atoms with Crippen LogP contribution < -0.4 is 0 Å². The zero-order valence-corrected chi connectivity index (χ0v) is 5.13. The third-order valence-corrected chi connectivity index (χ3v) is 1.30. The van der Waals surface area contributed by atoms with Crippen molar-refractivity contribution in [1.82, 2.24) is 4.90 Å². The molecule has 2 radical (unpaired) electrons. The van der Waals surface area contributed by atoms with Gasteiger partial charge in [0.1, 0.15) is 7.85 Å². The summed E-state index contributed by atoms with van der Waals surface area (Å²) in [6, 6.07) is -0.0613. The van der Waals surface area contributed by atoms with Gasteiger partial charge in [-0.1, -0.05) is 0 Å². The molecule has 44 valence electrons. The molecule has 3 heteroatoms. The van der Waals surface area contributed by atoms with Crippen molar-refractivity contribution >= 4 is 7.85 Å². The van der Waals surface area contributed by atoms with Crippen molar-refractivity contribution in [2.75, 3.05) is 26.7 Å². The van der Waals surface area contributed by atoms with Crippen molar-refractivity contribution in [1.29, 1.82) is 0 Å². The fourth-order valence-corrected chi connectivity index (χ4v) is 0.811. The second kappa shape index (κ2) is 2.51. The van der Waals surface area contributed by atoms with E-state index in [0.29, 0.717) is 0 Å². The minimum Gasteiger partial charge on any atom is -0.385 e. The first-order chi connectivity index (χ1) is 3.79. The van der Waals surface area contributed by atoms with Crippen LogP contribution in [0.1, 0.15) is 0 Å². The van der Waals surface area contributed by atoms with Gasteiger partial charge in [-0.15, -0.1) is 0 Å². The Morgan fingerprint density at radius 1 is 1.75 bits per heavy atom. The Balaban J connectivity index is 2.23. The van der Waals surface area contributed by atoms with Crippen LogP contribution in [-0.4, -0.2) is 45.5 Å². The van der Waals surface area contributed by atoms with Crippen LogP contribution in [0, 0.1) is 0 Å². The van der Waals surface area contributed by atoms with E-state index in [0.717, 1.165) is 19.7 Å². The van der Waals surface area contributed by atoms with Gasteiger partial charge in [0, 0.05) is 19.1 Å². The Kier molecular flexibility index (Phi) is 1.92. The van der Waals surface area contributed by atoms with Gasteiger partial charge in [-0.25, -0.2) is 0 Å². The summed E-state index contributed by atoms with van der Waals surface area (Å²) in [7, 11) is 7.51. The summed E-state index contributed by atoms with van der Waals surface area (Å²) in [6.07, 6.45) is 0. The van der Waals surface area contributed by atoms with Crippen molar-refractivity contribution in [3.8, 4) is 0 Å². The lowest BCUT2D eigenvalue weighted by Gasteiger charge is -2.27. The second-order valence-corrected chi connectivity index (χ2v) is 2.17. The summed E-state index contributed by atoms with van der Waals surface area (Å²) in [6.45, 7) is 2.64. The van der Waals surface area contributed by atoms with E-state index in [9.17, 15) is 0 Å². The first-order valence-electron chi connectivity index (χ1n) is 2.85. The van der Waals surface area contributed by atoms with Gasteiger partial charge in [-0.05, 0) is 7.05 Å². The summed E-state index contributed by atoms with van der Waals surface area (Å²) < 4.78 is 5.08. The molecule has 1 aliphatic heterocycles. The van der Waals surface area contributed by atoms with Gasteiger partial charge in [0.05, 0.1) is 6.61 Å². The molecule has 0 N–H and O–H groups in total. The Hall–Kier alpha value is -0.0151. The molecule has 1 rings (SSSR count). The van der Waals surface area contributed by atoms with Gasteiger partial charge in [0.2, 0.25) is 0 Å². The fourth-order valence-electron chi connectivity index (χ4n) is 0.811. The maximum atomic E-state index is 5.46. The molecule has 0 aromatic rings. The number of morpholine rings is 1. The van der Waals surface area contributed by atoms with E-state index in [1.54, 1.807) is 0 Å². The maximum Gasteiger partial charge on any atom is 0.110 e. The van der Waals surface area contributed by atoms with Gasteiger partial charge >= 0.3 is 0 Å². The molecule has 0 aliphatic carbocycles. The topological polar surface area (TPSA) is 12.5 Å². The van der Waals surface area contributed by atoms with Crippen molar-refractivity contribution in [2.45, 2.75) is 6.00 Å². The molecule has 1 unspecified atom stereocenters. The molecule has 1 aliphatic rings. The summed E-state index contributed by atoms with van der Waals surface area (Å²) >= 11 is 0. The molecular weight excluding hydrogens is 101 g/mol. The summed E-state index contributed by atoms with van der Waals surface area (Å²) in [4.78, 5) is 2.16.